The Morgan fingerprint density at radius 2 is 1.03 bits per heavy atom. The fourth-order valence-corrected chi connectivity index (χ4v) is 3.27. The van der Waals surface area contributed by atoms with E-state index >= 15 is 0 Å². The number of carbonyl (C=O) groups excluding carboxylic acids is 2. The first-order valence-corrected chi connectivity index (χ1v) is 8.89. The van der Waals surface area contributed by atoms with Gasteiger partial charge in [-0.2, -0.15) is 0 Å². The molecule has 8 heteroatoms. The van der Waals surface area contributed by atoms with Crippen LogP contribution in [-0.2, 0) is 22.7 Å². The van der Waals surface area contributed by atoms with Gasteiger partial charge in [0, 0.05) is 13.1 Å². The molecule has 1 aliphatic heterocycles. The lowest BCUT2D eigenvalue weighted by atomic mass is 10.1. The molecular formula is C21H20N2O6. The number of hydrogen-bond acceptors (Lipinski definition) is 4. The van der Waals surface area contributed by atoms with Crippen molar-refractivity contribution in [2.45, 2.75) is 32.6 Å². The zero-order valence-electron chi connectivity index (χ0n) is 16.0. The van der Waals surface area contributed by atoms with Crippen LogP contribution in [0.2, 0.25) is 0 Å². The van der Waals surface area contributed by atoms with E-state index in [9.17, 15) is 19.2 Å². The minimum Gasteiger partial charge on any atom is -0.478 e. The standard InChI is InChI=1S/C21H20N2O6/c1-21(2)22(11-13-3-7-15(8-4-13)19(26)27)17(24)18(25)23(21)12-14-5-9-16(10-6-14)20(28)29/h3-10H,11-12H2,1-2H3,(H,26,27)(H,28,29). The summed E-state index contributed by atoms with van der Waals surface area (Å²) in [6.07, 6.45) is 0. The van der Waals surface area contributed by atoms with Crippen LogP contribution in [0, 0.1) is 0 Å². The van der Waals surface area contributed by atoms with Crippen LogP contribution in [-0.4, -0.2) is 49.4 Å². The van der Waals surface area contributed by atoms with Crippen molar-refractivity contribution in [2.75, 3.05) is 0 Å². The maximum absolute atomic E-state index is 12.6. The summed E-state index contributed by atoms with van der Waals surface area (Å²) in [6, 6.07) is 12.3. The summed E-state index contributed by atoms with van der Waals surface area (Å²) in [5.74, 6) is -3.35. The van der Waals surface area contributed by atoms with Gasteiger partial charge in [0.1, 0.15) is 5.66 Å². The van der Waals surface area contributed by atoms with Gasteiger partial charge in [-0.1, -0.05) is 24.3 Å². The summed E-state index contributed by atoms with van der Waals surface area (Å²) in [7, 11) is 0. The molecule has 0 unspecified atom stereocenters. The van der Waals surface area contributed by atoms with Gasteiger partial charge in [0.2, 0.25) is 0 Å². The summed E-state index contributed by atoms with van der Waals surface area (Å²) >= 11 is 0. The molecule has 2 N–H and O–H groups in total. The number of nitrogens with zero attached hydrogens (tertiary/aromatic N) is 2. The second-order valence-electron chi connectivity index (χ2n) is 7.28. The highest BCUT2D eigenvalue weighted by atomic mass is 16.4. The molecule has 1 heterocycles. The van der Waals surface area contributed by atoms with Crippen molar-refractivity contribution < 1.29 is 29.4 Å². The molecule has 0 bridgehead atoms. The van der Waals surface area contributed by atoms with Gasteiger partial charge in [-0.05, 0) is 49.2 Å². The molecule has 1 aliphatic rings. The molecule has 1 fully saturated rings. The fraction of sp³-hybridized carbons (Fsp3) is 0.238. The van der Waals surface area contributed by atoms with Crippen LogP contribution < -0.4 is 0 Å². The number of benzene rings is 2. The molecule has 1 saturated heterocycles. The second-order valence-corrected chi connectivity index (χ2v) is 7.28. The normalized spacial score (nSPS) is 15.7. The van der Waals surface area contributed by atoms with E-state index in [0.717, 1.165) is 0 Å². The smallest absolute Gasteiger partial charge is 0.335 e. The van der Waals surface area contributed by atoms with Gasteiger partial charge in [-0.15, -0.1) is 0 Å². The zero-order valence-corrected chi connectivity index (χ0v) is 16.0. The van der Waals surface area contributed by atoms with Crippen LogP contribution in [0.5, 0.6) is 0 Å². The molecule has 0 aliphatic carbocycles. The largest absolute Gasteiger partial charge is 0.478 e. The maximum Gasteiger partial charge on any atom is 0.335 e. The lowest BCUT2D eigenvalue weighted by Gasteiger charge is -2.37. The molecule has 0 atom stereocenters. The first-order valence-electron chi connectivity index (χ1n) is 8.89. The third kappa shape index (κ3) is 3.82. The Kier molecular flexibility index (Phi) is 5.11. The number of carboxylic acids is 2. The minimum atomic E-state index is -1.04. The van der Waals surface area contributed by atoms with Crippen molar-refractivity contribution in [2.24, 2.45) is 0 Å². The Balaban J connectivity index is 1.80. The number of rotatable bonds is 6. The van der Waals surface area contributed by atoms with Crippen molar-refractivity contribution in [1.82, 2.24) is 9.80 Å². The summed E-state index contributed by atoms with van der Waals surface area (Å²) in [5, 5.41) is 18.0. The van der Waals surface area contributed by atoms with Gasteiger partial charge >= 0.3 is 23.8 Å². The van der Waals surface area contributed by atoms with E-state index in [1.807, 2.05) is 0 Å². The number of carbonyl (C=O) groups is 4. The summed E-state index contributed by atoms with van der Waals surface area (Å²) in [5.41, 5.74) is 0.783. The first-order chi connectivity index (χ1) is 13.6. The molecular weight excluding hydrogens is 376 g/mol. The molecule has 3 rings (SSSR count). The highest BCUT2D eigenvalue weighted by Crippen LogP contribution is 2.31. The van der Waals surface area contributed by atoms with Gasteiger partial charge in [0.05, 0.1) is 11.1 Å². The summed E-state index contributed by atoms with van der Waals surface area (Å²) < 4.78 is 0. The Bertz CT molecular complexity index is 900. The van der Waals surface area contributed by atoms with Crippen molar-refractivity contribution in [3.63, 3.8) is 0 Å². The maximum atomic E-state index is 12.6. The van der Waals surface area contributed by atoms with Gasteiger partial charge in [-0.25, -0.2) is 9.59 Å². The lowest BCUT2D eigenvalue weighted by Crippen LogP contribution is -2.48. The summed E-state index contributed by atoms with van der Waals surface area (Å²) in [6.45, 7) is 3.83. The second kappa shape index (κ2) is 7.38. The molecule has 29 heavy (non-hydrogen) atoms. The number of aromatic carboxylic acids is 2. The molecule has 2 aromatic rings. The van der Waals surface area contributed by atoms with Crippen LogP contribution >= 0.6 is 0 Å². The zero-order chi connectivity index (χ0) is 21.3. The third-order valence-corrected chi connectivity index (χ3v) is 5.08. The van der Waals surface area contributed by atoms with Crippen molar-refractivity contribution >= 4 is 23.8 Å². The Morgan fingerprint density at radius 3 is 1.31 bits per heavy atom. The minimum absolute atomic E-state index is 0.142. The average Bonchev–Trinajstić information content (AvgIpc) is 2.83. The van der Waals surface area contributed by atoms with Gasteiger partial charge in [0.25, 0.3) is 0 Å². The third-order valence-electron chi connectivity index (χ3n) is 5.08. The SMILES string of the molecule is CC1(C)N(Cc2ccc(C(=O)O)cc2)C(=O)C(=O)N1Cc1ccc(C(=O)O)cc1. The molecule has 0 aromatic heterocycles. The molecule has 8 nitrogen and oxygen atoms in total. The van der Waals surface area contributed by atoms with Crippen LogP contribution in [0.4, 0.5) is 0 Å². The predicted octanol–water partition coefficient (Wildman–Crippen LogP) is 2.19. The van der Waals surface area contributed by atoms with Crippen LogP contribution in [0.25, 0.3) is 0 Å². The van der Waals surface area contributed by atoms with Crippen LogP contribution in [0.1, 0.15) is 45.7 Å². The van der Waals surface area contributed by atoms with E-state index in [1.54, 1.807) is 38.1 Å². The Morgan fingerprint density at radius 1 is 0.724 bits per heavy atom. The lowest BCUT2D eigenvalue weighted by molar-refractivity contribution is -0.143. The van der Waals surface area contributed by atoms with Gasteiger partial charge in [0.15, 0.2) is 0 Å². The molecule has 0 saturated carbocycles. The van der Waals surface area contributed by atoms with E-state index in [4.69, 9.17) is 10.2 Å². The van der Waals surface area contributed by atoms with Crippen molar-refractivity contribution in [3.8, 4) is 0 Å². The number of carboxylic acid groups (broad SMARTS) is 2. The fourth-order valence-electron chi connectivity index (χ4n) is 3.27. The monoisotopic (exact) mass is 396 g/mol. The van der Waals surface area contributed by atoms with E-state index in [1.165, 1.54) is 34.1 Å². The number of hydrogen-bond donors (Lipinski definition) is 2. The molecule has 150 valence electrons. The van der Waals surface area contributed by atoms with Crippen LogP contribution in [0.3, 0.4) is 0 Å². The van der Waals surface area contributed by atoms with Crippen molar-refractivity contribution in [3.05, 3.63) is 70.8 Å². The summed E-state index contributed by atoms with van der Waals surface area (Å²) in [4.78, 5) is 50.1. The topological polar surface area (TPSA) is 115 Å². The van der Waals surface area contributed by atoms with Gasteiger partial charge in [-0.3, -0.25) is 9.59 Å². The van der Waals surface area contributed by atoms with E-state index in [2.05, 4.69) is 0 Å². The molecule has 0 spiro atoms. The average molecular weight is 396 g/mol. The highest BCUT2D eigenvalue weighted by molar-refractivity contribution is 6.37. The Hall–Kier alpha value is -3.68. The quantitative estimate of drug-likeness (QED) is 0.723. The molecule has 2 amide bonds. The van der Waals surface area contributed by atoms with Gasteiger partial charge < -0.3 is 20.0 Å². The molecule has 2 aromatic carbocycles. The number of amides is 2. The van der Waals surface area contributed by atoms with E-state index < -0.39 is 29.4 Å². The van der Waals surface area contributed by atoms with E-state index in [0.29, 0.717) is 11.1 Å². The Labute approximate surface area is 167 Å². The van der Waals surface area contributed by atoms with Crippen LogP contribution in [0.15, 0.2) is 48.5 Å². The van der Waals surface area contributed by atoms with E-state index in [-0.39, 0.29) is 24.2 Å². The molecule has 0 radical (unpaired) electrons. The first kappa shape index (κ1) is 20.1. The predicted molar refractivity (Wildman–Crippen MR) is 102 cm³/mol. The van der Waals surface area contributed by atoms with Crippen molar-refractivity contribution in [1.29, 1.82) is 0 Å². The highest BCUT2D eigenvalue weighted by Gasteiger charge is 2.50.